The second-order valence-electron chi connectivity index (χ2n) is 8.39. The second-order valence-corrected chi connectivity index (χ2v) is 10.4. The fourth-order valence-electron chi connectivity index (χ4n) is 4.14. The number of hydrogen-bond donors (Lipinski definition) is 1. The summed E-state index contributed by atoms with van der Waals surface area (Å²) >= 11 is 3.68. The van der Waals surface area contributed by atoms with Gasteiger partial charge in [-0.2, -0.15) is 0 Å². The molecule has 2 aliphatic carbocycles. The van der Waals surface area contributed by atoms with Crippen LogP contribution < -0.4 is 5.32 Å². The Kier molecular flexibility index (Phi) is 6.50. The molecule has 1 aromatic rings. The van der Waals surface area contributed by atoms with Crippen LogP contribution in [0, 0.1) is 11.3 Å². The van der Waals surface area contributed by atoms with E-state index in [2.05, 4.69) is 105 Å². The standard InChI is InChI=1S/C27H31NS2/c1-5-22(19-7-11-21(29-4)12-8-19)20-9-13-23-25(14-10-20)30-26-16-18-27(3,6-2)17-15-24(26)28-23/h7-18,20,22,28H,5-6H2,1-4H3. The predicted molar refractivity (Wildman–Crippen MR) is 134 cm³/mol. The Bertz CT molecular complexity index is 927. The fourth-order valence-corrected chi connectivity index (χ4v) is 5.53. The third-order valence-electron chi connectivity index (χ3n) is 6.43. The van der Waals surface area contributed by atoms with Crippen LogP contribution in [0.2, 0.25) is 0 Å². The normalized spacial score (nSPS) is 26.1. The van der Waals surface area contributed by atoms with Crippen LogP contribution in [0.1, 0.15) is 45.1 Å². The van der Waals surface area contributed by atoms with Gasteiger partial charge in [0.1, 0.15) is 0 Å². The molecule has 0 bridgehead atoms. The van der Waals surface area contributed by atoms with Gasteiger partial charge in [-0.1, -0.05) is 69.0 Å². The molecule has 3 aliphatic rings. The van der Waals surface area contributed by atoms with E-state index in [1.807, 2.05) is 11.8 Å². The molecule has 0 spiro atoms. The second kappa shape index (κ2) is 9.11. The molecule has 0 saturated carbocycles. The minimum Gasteiger partial charge on any atom is -0.354 e. The SMILES string of the molecule is CCC(c1ccc(SC)cc1)C1C=CC2=C(C=C1)SC1=C(C=CC(C)(CC)C=C1)N2. The third kappa shape index (κ3) is 4.43. The molecular formula is C27H31NS2. The summed E-state index contributed by atoms with van der Waals surface area (Å²) in [6.45, 7) is 6.84. The quantitative estimate of drug-likeness (QED) is 0.473. The lowest BCUT2D eigenvalue weighted by Gasteiger charge is -2.21. The van der Waals surface area contributed by atoms with Crippen molar-refractivity contribution < 1.29 is 0 Å². The Morgan fingerprint density at radius 3 is 2.33 bits per heavy atom. The first kappa shape index (κ1) is 21.4. The Hall–Kier alpha value is -1.84. The van der Waals surface area contributed by atoms with Crippen LogP contribution >= 0.6 is 23.5 Å². The molecule has 4 rings (SSSR count). The van der Waals surface area contributed by atoms with Gasteiger partial charge in [0.25, 0.3) is 0 Å². The van der Waals surface area contributed by atoms with Gasteiger partial charge in [0.2, 0.25) is 0 Å². The summed E-state index contributed by atoms with van der Waals surface area (Å²) in [6.07, 6.45) is 23.0. The molecule has 1 aromatic carbocycles. The highest BCUT2D eigenvalue weighted by Gasteiger charge is 2.24. The van der Waals surface area contributed by atoms with Crippen LogP contribution in [0.25, 0.3) is 0 Å². The lowest BCUT2D eigenvalue weighted by molar-refractivity contribution is 0.531. The van der Waals surface area contributed by atoms with Crippen molar-refractivity contribution in [1.82, 2.24) is 5.32 Å². The smallest absolute Gasteiger partial charge is 0.0523 e. The molecule has 1 nitrogen and oxygen atoms in total. The summed E-state index contributed by atoms with van der Waals surface area (Å²) in [5.41, 5.74) is 3.98. The lowest BCUT2D eigenvalue weighted by atomic mass is 9.83. The van der Waals surface area contributed by atoms with Crippen LogP contribution in [-0.4, -0.2) is 6.26 Å². The molecule has 0 aromatic heterocycles. The van der Waals surface area contributed by atoms with E-state index in [-0.39, 0.29) is 5.41 Å². The van der Waals surface area contributed by atoms with Crippen molar-refractivity contribution in [2.75, 3.05) is 6.26 Å². The van der Waals surface area contributed by atoms with E-state index in [1.165, 1.54) is 31.7 Å². The average molecular weight is 434 g/mol. The van der Waals surface area contributed by atoms with Gasteiger partial charge in [0, 0.05) is 26.0 Å². The summed E-state index contributed by atoms with van der Waals surface area (Å²) in [4.78, 5) is 3.93. The zero-order chi connectivity index (χ0) is 21.1. The lowest BCUT2D eigenvalue weighted by Crippen LogP contribution is -2.16. The molecule has 1 N–H and O–H groups in total. The average Bonchev–Trinajstić information content (AvgIpc) is 3.08. The first-order chi connectivity index (χ1) is 14.5. The van der Waals surface area contributed by atoms with Crippen molar-refractivity contribution in [1.29, 1.82) is 0 Å². The van der Waals surface area contributed by atoms with Crippen molar-refractivity contribution in [3.8, 4) is 0 Å². The van der Waals surface area contributed by atoms with Gasteiger partial charge in [0.05, 0.1) is 11.4 Å². The maximum atomic E-state index is 3.69. The molecule has 0 fully saturated rings. The van der Waals surface area contributed by atoms with E-state index in [9.17, 15) is 0 Å². The molecule has 0 radical (unpaired) electrons. The van der Waals surface area contributed by atoms with Crippen LogP contribution in [0.3, 0.4) is 0 Å². The van der Waals surface area contributed by atoms with Crippen molar-refractivity contribution in [3.63, 3.8) is 0 Å². The van der Waals surface area contributed by atoms with Crippen molar-refractivity contribution in [3.05, 3.63) is 99.6 Å². The number of hydrogen-bond acceptors (Lipinski definition) is 3. The van der Waals surface area contributed by atoms with Gasteiger partial charge in [-0.3, -0.25) is 0 Å². The molecule has 1 aliphatic heterocycles. The molecule has 3 heteroatoms. The van der Waals surface area contributed by atoms with E-state index >= 15 is 0 Å². The molecule has 3 atom stereocenters. The molecule has 156 valence electrons. The predicted octanol–water partition coefficient (Wildman–Crippen LogP) is 7.95. The molecule has 30 heavy (non-hydrogen) atoms. The van der Waals surface area contributed by atoms with Gasteiger partial charge < -0.3 is 5.32 Å². The maximum Gasteiger partial charge on any atom is 0.0523 e. The monoisotopic (exact) mass is 433 g/mol. The maximum absolute atomic E-state index is 3.69. The van der Waals surface area contributed by atoms with Crippen molar-refractivity contribution in [2.24, 2.45) is 11.3 Å². The van der Waals surface area contributed by atoms with Gasteiger partial charge >= 0.3 is 0 Å². The van der Waals surface area contributed by atoms with Crippen molar-refractivity contribution >= 4 is 23.5 Å². The van der Waals surface area contributed by atoms with Gasteiger partial charge in [0.15, 0.2) is 0 Å². The highest BCUT2D eigenvalue weighted by molar-refractivity contribution is 8.07. The fraction of sp³-hybridized carbons (Fsp3) is 0.333. The number of nitrogens with one attached hydrogen (secondary N) is 1. The molecule has 3 unspecified atom stereocenters. The summed E-state index contributed by atoms with van der Waals surface area (Å²) < 4.78 is 0. The number of rotatable bonds is 5. The zero-order valence-corrected chi connectivity index (χ0v) is 19.9. The summed E-state index contributed by atoms with van der Waals surface area (Å²) in [7, 11) is 0. The highest BCUT2D eigenvalue weighted by Crippen LogP contribution is 2.42. The Morgan fingerprint density at radius 1 is 0.967 bits per heavy atom. The Balaban J connectivity index is 1.54. The van der Waals surface area contributed by atoms with Crippen LogP contribution in [0.4, 0.5) is 0 Å². The van der Waals surface area contributed by atoms with Crippen LogP contribution in [0.5, 0.6) is 0 Å². The van der Waals surface area contributed by atoms with Crippen LogP contribution in [0.15, 0.2) is 99.0 Å². The molecule has 1 heterocycles. The Labute approximate surface area is 190 Å². The summed E-state index contributed by atoms with van der Waals surface area (Å²) in [6, 6.07) is 9.10. The van der Waals surface area contributed by atoms with Crippen molar-refractivity contribution in [2.45, 2.75) is 44.4 Å². The van der Waals surface area contributed by atoms with E-state index in [0.717, 1.165) is 12.8 Å². The zero-order valence-electron chi connectivity index (χ0n) is 18.3. The minimum atomic E-state index is 0.133. The number of thioether (sulfide) groups is 2. The van der Waals surface area contributed by atoms with E-state index in [4.69, 9.17) is 0 Å². The van der Waals surface area contributed by atoms with Gasteiger partial charge in [-0.25, -0.2) is 0 Å². The molecule has 0 amide bonds. The van der Waals surface area contributed by atoms with Gasteiger partial charge in [-0.15, -0.1) is 11.8 Å². The van der Waals surface area contributed by atoms with Gasteiger partial charge in [-0.05, 0) is 67.0 Å². The molecular weight excluding hydrogens is 402 g/mol. The highest BCUT2D eigenvalue weighted by atomic mass is 32.2. The van der Waals surface area contributed by atoms with Crippen LogP contribution in [-0.2, 0) is 0 Å². The number of allylic oxidation sites excluding steroid dienone is 8. The van der Waals surface area contributed by atoms with E-state index in [0.29, 0.717) is 11.8 Å². The van der Waals surface area contributed by atoms with E-state index < -0.39 is 0 Å². The first-order valence-electron chi connectivity index (χ1n) is 10.9. The minimum absolute atomic E-state index is 0.133. The number of benzene rings is 1. The first-order valence-corrected chi connectivity index (χ1v) is 12.9. The summed E-state index contributed by atoms with van der Waals surface area (Å²) in [5.74, 6) is 0.896. The summed E-state index contributed by atoms with van der Waals surface area (Å²) in [5, 5.41) is 3.69. The molecule has 0 saturated heterocycles. The topological polar surface area (TPSA) is 12.0 Å². The van der Waals surface area contributed by atoms with E-state index in [1.54, 1.807) is 11.8 Å². The Morgan fingerprint density at radius 2 is 1.63 bits per heavy atom. The third-order valence-corrected chi connectivity index (χ3v) is 8.33. The largest absolute Gasteiger partial charge is 0.354 e.